The van der Waals surface area contributed by atoms with Crippen LogP contribution in [0.4, 0.5) is 0 Å². The average molecular weight is 626 g/mol. The molecule has 2 saturated heterocycles. The first-order valence-electron chi connectivity index (χ1n) is 14.4. The van der Waals surface area contributed by atoms with Gasteiger partial charge in [-0.05, 0) is 18.8 Å². The van der Waals surface area contributed by atoms with Gasteiger partial charge in [-0.25, -0.2) is 13.1 Å². The molecule has 2 heterocycles. The van der Waals surface area contributed by atoms with E-state index >= 15 is 0 Å². The summed E-state index contributed by atoms with van der Waals surface area (Å²) in [6.45, 7) is 8.85. The van der Waals surface area contributed by atoms with Gasteiger partial charge in [0, 0.05) is 32.4 Å². The van der Waals surface area contributed by atoms with Crippen molar-refractivity contribution in [2.45, 2.75) is 115 Å². The molecule has 1 amide bonds. The van der Waals surface area contributed by atoms with Gasteiger partial charge < -0.3 is 50.8 Å². The van der Waals surface area contributed by atoms with Crippen molar-refractivity contribution < 1.29 is 53.0 Å². The number of ether oxygens (including phenoxy) is 3. The van der Waals surface area contributed by atoms with E-state index in [9.17, 15) is 38.7 Å². The van der Waals surface area contributed by atoms with E-state index in [1.54, 1.807) is 26.8 Å². The van der Waals surface area contributed by atoms with Crippen LogP contribution in [0.3, 0.4) is 0 Å². The fourth-order valence-corrected chi connectivity index (χ4v) is 5.46. The molecule has 2 aliphatic heterocycles. The third kappa shape index (κ3) is 11.0. The van der Waals surface area contributed by atoms with Crippen LogP contribution in [0.5, 0.6) is 0 Å². The molecule has 2 aliphatic rings. The molecule has 0 radical (unpaired) electrons. The maximum absolute atomic E-state index is 13.3. The molecule has 0 bridgehead atoms. The van der Waals surface area contributed by atoms with Crippen LogP contribution in [0.2, 0.25) is 0 Å². The number of aliphatic hydroxyl groups is 5. The molecule has 246 valence electrons. The maximum atomic E-state index is 13.3. The van der Waals surface area contributed by atoms with Crippen LogP contribution in [-0.2, 0) is 29.0 Å². The summed E-state index contributed by atoms with van der Waals surface area (Å²) in [5.41, 5.74) is 5.97. The Labute approximate surface area is 248 Å². The van der Waals surface area contributed by atoms with Crippen molar-refractivity contribution in [2.75, 3.05) is 19.3 Å². The smallest absolute Gasteiger partial charge is 0.228 e. The Morgan fingerprint density at radius 2 is 1.79 bits per heavy atom. The van der Waals surface area contributed by atoms with E-state index in [1.165, 1.54) is 0 Å². The van der Waals surface area contributed by atoms with E-state index in [-0.39, 0.29) is 44.2 Å². The number of carbonyl (C=O) groups excluding carboxylic acids is 1. The van der Waals surface area contributed by atoms with Gasteiger partial charge in [0.25, 0.3) is 0 Å². The zero-order valence-electron chi connectivity index (χ0n) is 25.3. The number of sulfonamides is 1. The van der Waals surface area contributed by atoms with Crippen molar-refractivity contribution in [3.63, 3.8) is 0 Å². The first-order valence-corrected chi connectivity index (χ1v) is 16.3. The summed E-state index contributed by atoms with van der Waals surface area (Å²) in [7, 11) is -3.48. The highest BCUT2D eigenvalue weighted by atomic mass is 32.2. The molecule has 9 N–H and O–H groups in total. The molecule has 0 aromatic carbocycles. The number of hydrogen-bond acceptors (Lipinski definition) is 12. The van der Waals surface area contributed by atoms with E-state index in [4.69, 9.17) is 19.9 Å². The third-order valence-electron chi connectivity index (χ3n) is 7.48. The minimum atomic E-state index is -3.48. The number of amides is 1. The fourth-order valence-electron chi connectivity index (χ4n) is 4.99. The van der Waals surface area contributed by atoms with Crippen molar-refractivity contribution in [1.82, 2.24) is 10.0 Å². The molecule has 0 aromatic heterocycles. The van der Waals surface area contributed by atoms with Crippen LogP contribution in [0.1, 0.15) is 53.9 Å². The molecule has 2 rings (SSSR count). The zero-order valence-corrected chi connectivity index (χ0v) is 26.1. The summed E-state index contributed by atoms with van der Waals surface area (Å²) < 4.78 is 42.8. The van der Waals surface area contributed by atoms with Crippen LogP contribution < -0.4 is 15.8 Å². The first-order chi connectivity index (χ1) is 19.3. The Balaban J connectivity index is 2.34. The molecular formula is C27H51N3O11S. The van der Waals surface area contributed by atoms with Crippen LogP contribution >= 0.6 is 0 Å². The predicted octanol–water partition coefficient (Wildman–Crippen LogP) is -1.71. The topological polar surface area (TPSA) is 230 Å². The molecule has 0 aromatic rings. The van der Waals surface area contributed by atoms with Gasteiger partial charge in [-0.3, -0.25) is 4.79 Å². The number of allylic oxidation sites excluding steroid dienone is 1. The van der Waals surface area contributed by atoms with Crippen LogP contribution in [0.25, 0.3) is 0 Å². The molecule has 0 aliphatic carbocycles. The van der Waals surface area contributed by atoms with Crippen molar-refractivity contribution in [1.29, 1.82) is 0 Å². The van der Waals surface area contributed by atoms with E-state index in [1.807, 2.05) is 19.9 Å². The minimum Gasteiger partial charge on any atom is -0.393 e. The SMILES string of the molecule is CC(C)/C=C/[C@@H](C[C@@H]1O[C@](O)(C[C@@H](O)C(C)C)C[C@H](O)[C@H]1C(=O)NCCNS(C)(=O)=O)OC1OC(C)C(O)C(N)C1O. The number of aliphatic hydroxyl groups excluding tert-OH is 4. The Kier molecular flexibility index (Phi) is 13.8. The van der Waals surface area contributed by atoms with Crippen molar-refractivity contribution in [3.8, 4) is 0 Å². The van der Waals surface area contributed by atoms with Gasteiger partial charge in [-0.15, -0.1) is 0 Å². The van der Waals surface area contributed by atoms with E-state index in [0.29, 0.717) is 0 Å². The van der Waals surface area contributed by atoms with Gasteiger partial charge in [0.1, 0.15) is 6.10 Å². The highest BCUT2D eigenvalue weighted by Crippen LogP contribution is 2.38. The van der Waals surface area contributed by atoms with E-state index < -0.39 is 82.7 Å². The van der Waals surface area contributed by atoms with Gasteiger partial charge in [0.15, 0.2) is 12.1 Å². The van der Waals surface area contributed by atoms with E-state index in [2.05, 4.69) is 10.0 Å². The number of carbonyl (C=O) groups is 1. The predicted molar refractivity (Wildman–Crippen MR) is 153 cm³/mol. The summed E-state index contributed by atoms with van der Waals surface area (Å²) in [5.74, 6) is -3.91. The molecule has 11 atom stereocenters. The lowest BCUT2D eigenvalue weighted by Gasteiger charge is -2.46. The summed E-state index contributed by atoms with van der Waals surface area (Å²) in [4.78, 5) is 13.3. The Morgan fingerprint density at radius 1 is 1.14 bits per heavy atom. The molecule has 15 heteroatoms. The van der Waals surface area contributed by atoms with Crippen molar-refractivity contribution >= 4 is 15.9 Å². The summed E-state index contributed by atoms with van der Waals surface area (Å²) in [5, 5.41) is 56.3. The fraction of sp³-hybridized carbons (Fsp3) is 0.889. The van der Waals surface area contributed by atoms with Crippen LogP contribution in [0.15, 0.2) is 12.2 Å². The lowest BCUT2D eigenvalue weighted by Crippen LogP contribution is -2.62. The van der Waals surface area contributed by atoms with Crippen molar-refractivity contribution in [2.24, 2.45) is 23.5 Å². The summed E-state index contributed by atoms with van der Waals surface area (Å²) in [6, 6.07) is -1.04. The van der Waals surface area contributed by atoms with Crippen LogP contribution in [-0.4, -0.2) is 120 Å². The minimum absolute atomic E-state index is 0.0639. The largest absolute Gasteiger partial charge is 0.393 e. The normalized spacial score (nSPS) is 36.0. The summed E-state index contributed by atoms with van der Waals surface area (Å²) >= 11 is 0. The number of nitrogens with two attached hydrogens (primary N) is 1. The van der Waals surface area contributed by atoms with Gasteiger partial charge >= 0.3 is 0 Å². The van der Waals surface area contributed by atoms with E-state index in [0.717, 1.165) is 6.26 Å². The molecule has 42 heavy (non-hydrogen) atoms. The van der Waals surface area contributed by atoms with Gasteiger partial charge in [0.2, 0.25) is 15.9 Å². The quantitative estimate of drug-likeness (QED) is 0.0797. The lowest BCUT2D eigenvalue weighted by molar-refractivity contribution is -0.307. The van der Waals surface area contributed by atoms with Crippen LogP contribution in [0, 0.1) is 17.8 Å². The molecule has 0 spiro atoms. The Bertz CT molecular complexity index is 998. The standard InChI is InChI=1S/C27H51N3O11S/c1-14(2)7-8-17(40-26-24(34)22(28)23(33)16(5)39-26)11-20-21(25(35)29-9-10-30-42(6,37)38)19(32)13-27(36,41-20)12-18(31)15(3)4/h7-8,14-24,26,30-34,36H,9-13,28H2,1-6H3,(H,29,35)/b8-7+/t16?,17-,18+,19-,20-,21+,22?,23?,24?,26?,27+/m0/s1. The molecular weight excluding hydrogens is 574 g/mol. The Hall–Kier alpha value is -1.24. The highest BCUT2D eigenvalue weighted by Gasteiger charge is 2.50. The second-order valence-electron chi connectivity index (χ2n) is 12.2. The first kappa shape index (κ1) is 36.9. The monoisotopic (exact) mass is 625 g/mol. The average Bonchev–Trinajstić information content (AvgIpc) is 2.85. The summed E-state index contributed by atoms with van der Waals surface area (Å²) in [6.07, 6.45) is -4.94. The lowest BCUT2D eigenvalue weighted by atomic mass is 9.81. The number of nitrogens with one attached hydrogen (secondary N) is 2. The number of hydrogen-bond donors (Lipinski definition) is 8. The van der Waals surface area contributed by atoms with Gasteiger partial charge in [-0.1, -0.05) is 39.8 Å². The number of rotatable bonds is 14. The maximum Gasteiger partial charge on any atom is 0.228 e. The highest BCUT2D eigenvalue weighted by molar-refractivity contribution is 7.88. The molecule has 14 nitrogen and oxygen atoms in total. The Morgan fingerprint density at radius 3 is 2.36 bits per heavy atom. The molecule has 5 unspecified atom stereocenters. The van der Waals surface area contributed by atoms with Crippen molar-refractivity contribution in [3.05, 3.63) is 12.2 Å². The van der Waals surface area contributed by atoms with Gasteiger partial charge in [-0.2, -0.15) is 0 Å². The molecule has 0 saturated carbocycles. The molecule has 2 fully saturated rings. The van der Waals surface area contributed by atoms with Gasteiger partial charge in [0.05, 0.1) is 54.8 Å². The second-order valence-corrected chi connectivity index (χ2v) is 14.0. The zero-order chi connectivity index (χ0) is 32.0. The third-order valence-corrected chi connectivity index (χ3v) is 8.21. The second kappa shape index (κ2) is 15.7.